The number of para-hydroxylation sites is 1. The van der Waals surface area contributed by atoms with Crippen LogP contribution in [0.1, 0.15) is 24.0 Å². The first-order valence-electron chi connectivity index (χ1n) is 9.89. The van der Waals surface area contributed by atoms with Gasteiger partial charge in [-0.05, 0) is 36.6 Å². The number of carbonyl (C=O) groups is 1. The van der Waals surface area contributed by atoms with Crippen LogP contribution in [0.3, 0.4) is 0 Å². The van der Waals surface area contributed by atoms with Crippen LogP contribution >= 0.6 is 11.6 Å². The number of rotatable bonds is 7. The average molecular weight is 451 g/mol. The molecule has 1 amide bonds. The molecule has 1 aliphatic rings. The topological polar surface area (TPSA) is 66.9 Å². The Kier molecular flexibility index (Phi) is 7.39. The highest BCUT2D eigenvalue weighted by molar-refractivity contribution is 7.88. The molecule has 0 unspecified atom stereocenters. The molecule has 2 aromatic carbocycles. The summed E-state index contributed by atoms with van der Waals surface area (Å²) in [6, 6.07) is 14.5. The molecule has 0 aromatic heterocycles. The first kappa shape index (κ1) is 22.6. The lowest BCUT2D eigenvalue weighted by Gasteiger charge is -2.32. The summed E-state index contributed by atoms with van der Waals surface area (Å²) in [4.78, 5) is 14.6. The number of amides is 1. The van der Waals surface area contributed by atoms with Crippen LogP contribution in [0.2, 0.25) is 5.02 Å². The van der Waals surface area contributed by atoms with Crippen molar-refractivity contribution in [3.05, 3.63) is 64.7 Å². The maximum atomic E-state index is 12.9. The number of piperidine rings is 1. The zero-order valence-electron chi connectivity index (χ0n) is 17.3. The van der Waals surface area contributed by atoms with Gasteiger partial charge >= 0.3 is 0 Å². The number of benzene rings is 2. The molecule has 0 atom stereocenters. The molecule has 2 aromatic rings. The second-order valence-corrected chi connectivity index (χ2v) is 9.97. The first-order chi connectivity index (χ1) is 14.3. The maximum absolute atomic E-state index is 12.9. The van der Waals surface area contributed by atoms with Crippen LogP contribution in [0, 0.1) is 5.92 Å². The molecule has 0 aliphatic carbocycles. The third-order valence-corrected chi connectivity index (χ3v) is 7.50. The van der Waals surface area contributed by atoms with Crippen molar-refractivity contribution in [1.82, 2.24) is 9.21 Å². The van der Waals surface area contributed by atoms with E-state index in [9.17, 15) is 13.2 Å². The molecular formula is C22H27ClN2O4S. The van der Waals surface area contributed by atoms with E-state index in [1.165, 1.54) is 4.31 Å². The Labute approximate surface area is 183 Å². The van der Waals surface area contributed by atoms with Crippen molar-refractivity contribution < 1.29 is 17.9 Å². The molecule has 0 spiro atoms. The fourth-order valence-corrected chi connectivity index (χ4v) is 5.55. The second kappa shape index (κ2) is 9.81. The zero-order valence-corrected chi connectivity index (χ0v) is 18.8. The maximum Gasteiger partial charge on any atom is 0.225 e. The summed E-state index contributed by atoms with van der Waals surface area (Å²) in [5.41, 5.74) is 1.61. The minimum Gasteiger partial charge on any atom is -0.496 e. The molecule has 1 aliphatic heterocycles. The molecule has 3 rings (SSSR count). The van der Waals surface area contributed by atoms with Gasteiger partial charge in [0.25, 0.3) is 0 Å². The normalized spacial score (nSPS) is 15.7. The van der Waals surface area contributed by atoms with Crippen molar-refractivity contribution in [3.8, 4) is 5.75 Å². The first-order valence-corrected chi connectivity index (χ1v) is 11.9. The van der Waals surface area contributed by atoms with E-state index < -0.39 is 10.0 Å². The highest BCUT2D eigenvalue weighted by Gasteiger charge is 2.32. The number of hydrogen-bond donors (Lipinski definition) is 0. The van der Waals surface area contributed by atoms with Crippen molar-refractivity contribution in [2.24, 2.45) is 5.92 Å². The lowest BCUT2D eigenvalue weighted by atomic mass is 9.96. The lowest BCUT2D eigenvalue weighted by Crippen LogP contribution is -2.43. The molecular weight excluding hydrogens is 424 g/mol. The van der Waals surface area contributed by atoms with Crippen molar-refractivity contribution in [2.45, 2.75) is 25.1 Å². The van der Waals surface area contributed by atoms with Crippen LogP contribution in [0.5, 0.6) is 5.75 Å². The number of hydrogen-bond acceptors (Lipinski definition) is 4. The van der Waals surface area contributed by atoms with Crippen LogP contribution in [0.25, 0.3) is 0 Å². The molecule has 0 saturated carbocycles. The van der Waals surface area contributed by atoms with Crippen LogP contribution < -0.4 is 4.74 Å². The minimum absolute atomic E-state index is 0.0350. The van der Waals surface area contributed by atoms with Crippen molar-refractivity contribution >= 4 is 27.5 Å². The van der Waals surface area contributed by atoms with Gasteiger partial charge in [-0.1, -0.05) is 41.9 Å². The fraction of sp³-hybridized carbons (Fsp3) is 0.409. The van der Waals surface area contributed by atoms with Gasteiger partial charge in [0.1, 0.15) is 5.75 Å². The number of halogens is 1. The molecule has 162 valence electrons. The summed E-state index contributed by atoms with van der Waals surface area (Å²) < 4.78 is 32.4. The zero-order chi connectivity index (χ0) is 21.7. The fourth-order valence-electron chi connectivity index (χ4n) is 3.79. The van der Waals surface area contributed by atoms with E-state index in [2.05, 4.69) is 0 Å². The molecule has 0 bridgehead atoms. The summed E-state index contributed by atoms with van der Waals surface area (Å²) in [6.07, 6.45) is 1.04. The van der Waals surface area contributed by atoms with Gasteiger partial charge in [0.2, 0.25) is 15.9 Å². The van der Waals surface area contributed by atoms with Gasteiger partial charge in [-0.3, -0.25) is 4.79 Å². The van der Waals surface area contributed by atoms with Gasteiger partial charge in [0.15, 0.2) is 0 Å². The van der Waals surface area contributed by atoms with Crippen LogP contribution in [0.4, 0.5) is 0 Å². The predicted octanol–water partition coefficient (Wildman–Crippen LogP) is 3.55. The highest BCUT2D eigenvalue weighted by Crippen LogP contribution is 2.25. The summed E-state index contributed by atoms with van der Waals surface area (Å²) in [6.45, 7) is 1.15. The summed E-state index contributed by atoms with van der Waals surface area (Å²) in [7, 11) is -0.0607. The minimum atomic E-state index is -3.45. The third-order valence-electron chi connectivity index (χ3n) is 5.41. The van der Waals surface area contributed by atoms with Crippen LogP contribution in [-0.4, -0.2) is 50.8 Å². The largest absolute Gasteiger partial charge is 0.496 e. The Bertz CT molecular complexity index is 988. The highest BCUT2D eigenvalue weighted by atomic mass is 35.5. The smallest absolute Gasteiger partial charge is 0.225 e. The number of nitrogens with zero attached hydrogens (tertiary/aromatic N) is 2. The lowest BCUT2D eigenvalue weighted by molar-refractivity contribution is -0.135. The summed E-state index contributed by atoms with van der Waals surface area (Å²) in [5.74, 6) is 0.522. The molecule has 1 fully saturated rings. The Balaban J connectivity index is 1.57. The molecule has 6 nitrogen and oxygen atoms in total. The Morgan fingerprint density at radius 3 is 2.53 bits per heavy atom. The molecule has 1 saturated heterocycles. The third kappa shape index (κ3) is 5.53. The van der Waals surface area contributed by atoms with E-state index in [4.69, 9.17) is 16.3 Å². The van der Waals surface area contributed by atoms with Crippen LogP contribution in [0.15, 0.2) is 48.5 Å². The number of methoxy groups -OCH3 is 1. The standard InChI is InChI=1S/C22H27ClN2O4S/c1-24(15-19-7-3-4-9-21(19)29-2)22(26)18-10-12-25(13-11-18)30(27,28)16-17-6-5-8-20(23)14-17/h3-9,14,18H,10-13,15-16H2,1-2H3. The van der Waals surface area contributed by atoms with Gasteiger partial charge in [0, 0.05) is 43.2 Å². The molecule has 30 heavy (non-hydrogen) atoms. The predicted molar refractivity (Wildman–Crippen MR) is 118 cm³/mol. The van der Waals surface area contributed by atoms with Gasteiger partial charge in [-0.15, -0.1) is 0 Å². The van der Waals surface area contributed by atoms with Gasteiger partial charge in [-0.2, -0.15) is 0 Å². The molecule has 0 radical (unpaired) electrons. The van der Waals surface area contributed by atoms with E-state index in [1.54, 1.807) is 43.3 Å². The van der Waals surface area contributed by atoms with Crippen molar-refractivity contribution in [3.63, 3.8) is 0 Å². The van der Waals surface area contributed by atoms with E-state index in [-0.39, 0.29) is 17.6 Å². The SMILES string of the molecule is COc1ccccc1CN(C)C(=O)C1CCN(S(=O)(=O)Cc2cccc(Cl)c2)CC1. The second-order valence-electron chi connectivity index (χ2n) is 7.57. The van der Waals surface area contributed by atoms with E-state index in [0.29, 0.717) is 43.1 Å². The molecule has 0 N–H and O–H groups in total. The monoisotopic (exact) mass is 450 g/mol. The van der Waals surface area contributed by atoms with E-state index >= 15 is 0 Å². The Morgan fingerprint density at radius 2 is 1.87 bits per heavy atom. The van der Waals surface area contributed by atoms with Gasteiger partial charge < -0.3 is 9.64 Å². The average Bonchev–Trinajstić information content (AvgIpc) is 2.73. The molecule has 8 heteroatoms. The Morgan fingerprint density at radius 1 is 1.17 bits per heavy atom. The quantitative estimate of drug-likeness (QED) is 0.647. The Hall–Kier alpha value is -2.09. The van der Waals surface area contributed by atoms with E-state index in [0.717, 1.165) is 11.3 Å². The molecule has 1 heterocycles. The van der Waals surface area contributed by atoms with Crippen molar-refractivity contribution in [2.75, 3.05) is 27.2 Å². The van der Waals surface area contributed by atoms with Crippen LogP contribution in [-0.2, 0) is 27.1 Å². The number of sulfonamides is 1. The number of carbonyl (C=O) groups excluding carboxylic acids is 1. The summed E-state index contributed by atoms with van der Waals surface area (Å²) in [5, 5.41) is 0.519. The number of ether oxygens (including phenoxy) is 1. The van der Waals surface area contributed by atoms with Crippen molar-refractivity contribution in [1.29, 1.82) is 0 Å². The van der Waals surface area contributed by atoms with Gasteiger partial charge in [-0.25, -0.2) is 12.7 Å². The summed E-state index contributed by atoms with van der Waals surface area (Å²) >= 11 is 5.96. The van der Waals surface area contributed by atoms with E-state index in [1.807, 2.05) is 24.3 Å². The van der Waals surface area contributed by atoms with Gasteiger partial charge in [0.05, 0.1) is 12.9 Å².